The summed E-state index contributed by atoms with van der Waals surface area (Å²) in [5.41, 5.74) is 2.46. The number of carbonyl (C=O) groups excluding carboxylic acids is 2. The molecule has 4 rings (SSSR count). The standard InChI is InChI=1S/C23H21N3O3S2/c1-2-20-23(28)25-19-14-15(8-13-21(19)30-20)22(27)24-16-9-11-18(12-10-16)31(29)26-17-6-4-3-5-7-17/h3-14,20,26H,2H2,1H3,(H,24,27)(H,25,28). The Morgan fingerprint density at radius 3 is 2.52 bits per heavy atom. The highest BCUT2D eigenvalue weighted by atomic mass is 32.2. The topological polar surface area (TPSA) is 93.3 Å². The van der Waals surface area contributed by atoms with Crippen molar-refractivity contribution in [3.8, 4) is 0 Å². The third kappa shape index (κ3) is 5.04. The van der Waals surface area contributed by atoms with Gasteiger partial charge in [0.15, 0.2) is 4.90 Å². The van der Waals surface area contributed by atoms with Crippen LogP contribution in [-0.4, -0.2) is 21.6 Å². The number of amides is 2. The highest BCUT2D eigenvalue weighted by Crippen LogP contribution is 2.37. The average molecular weight is 452 g/mol. The van der Waals surface area contributed by atoms with Gasteiger partial charge >= 0.3 is 0 Å². The van der Waals surface area contributed by atoms with Crippen LogP contribution in [0.15, 0.2) is 82.6 Å². The predicted octanol–water partition coefficient (Wildman–Crippen LogP) is 4.90. The van der Waals surface area contributed by atoms with Crippen molar-refractivity contribution in [2.75, 3.05) is 15.4 Å². The Morgan fingerprint density at radius 1 is 1.06 bits per heavy atom. The number of thioether (sulfide) groups is 1. The van der Waals surface area contributed by atoms with E-state index in [0.29, 0.717) is 21.8 Å². The van der Waals surface area contributed by atoms with Crippen LogP contribution in [0.4, 0.5) is 17.1 Å². The molecule has 3 aromatic rings. The number of carbonyl (C=O) groups is 2. The Balaban J connectivity index is 1.41. The van der Waals surface area contributed by atoms with Crippen molar-refractivity contribution in [1.29, 1.82) is 0 Å². The number of benzene rings is 3. The summed E-state index contributed by atoms with van der Waals surface area (Å²) in [5.74, 6) is -0.318. The van der Waals surface area contributed by atoms with Gasteiger partial charge in [0, 0.05) is 16.1 Å². The molecule has 0 saturated heterocycles. The lowest BCUT2D eigenvalue weighted by Gasteiger charge is -2.23. The number of hydrogen-bond donors (Lipinski definition) is 3. The van der Waals surface area contributed by atoms with E-state index in [-0.39, 0.29) is 17.1 Å². The Kier molecular flexibility index (Phi) is 6.50. The summed E-state index contributed by atoms with van der Waals surface area (Å²) in [6.45, 7) is 1.97. The van der Waals surface area contributed by atoms with Gasteiger partial charge in [0.2, 0.25) is 5.91 Å². The van der Waals surface area contributed by atoms with Gasteiger partial charge in [0.25, 0.3) is 5.91 Å². The van der Waals surface area contributed by atoms with Crippen molar-refractivity contribution in [3.63, 3.8) is 0 Å². The maximum atomic E-state index is 12.7. The molecule has 2 unspecified atom stereocenters. The first kappa shape index (κ1) is 21.3. The quantitative estimate of drug-likeness (QED) is 0.464. The van der Waals surface area contributed by atoms with Crippen LogP contribution in [0.5, 0.6) is 0 Å². The number of anilines is 3. The highest BCUT2D eigenvalue weighted by molar-refractivity contribution is 8.01. The monoisotopic (exact) mass is 451 g/mol. The second kappa shape index (κ2) is 9.47. The predicted molar refractivity (Wildman–Crippen MR) is 126 cm³/mol. The molecule has 3 aromatic carbocycles. The summed E-state index contributed by atoms with van der Waals surface area (Å²) in [6, 6.07) is 21.4. The second-order valence-electron chi connectivity index (χ2n) is 6.93. The van der Waals surface area contributed by atoms with Gasteiger partial charge in [-0.2, -0.15) is 0 Å². The summed E-state index contributed by atoms with van der Waals surface area (Å²) in [4.78, 5) is 26.3. The third-order valence-corrected chi connectivity index (χ3v) is 7.31. The van der Waals surface area contributed by atoms with Crippen molar-refractivity contribution < 1.29 is 14.1 Å². The van der Waals surface area contributed by atoms with Crippen LogP contribution >= 0.6 is 11.8 Å². The summed E-state index contributed by atoms with van der Waals surface area (Å²) >= 11 is 0.110. The molecule has 1 aliphatic heterocycles. The second-order valence-corrected chi connectivity index (χ2v) is 9.39. The smallest absolute Gasteiger partial charge is 0.255 e. The van der Waals surface area contributed by atoms with Gasteiger partial charge < -0.3 is 15.2 Å². The summed E-state index contributed by atoms with van der Waals surface area (Å²) in [5, 5.41) is 5.61. The molecule has 2 amide bonds. The molecule has 1 aliphatic rings. The average Bonchev–Trinajstić information content (AvgIpc) is 2.79. The van der Waals surface area contributed by atoms with E-state index in [0.717, 1.165) is 17.0 Å². The van der Waals surface area contributed by atoms with Crippen LogP contribution in [0, 0.1) is 0 Å². The van der Waals surface area contributed by atoms with Gasteiger partial charge in [-0.3, -0.25) is 9.59 Å². The minimum absolute atomic E-state index is 0.0368. The summed E-state index contributed by atoms with van der Waals surface area (Å²) in [7, 11) is 0. The fourth-order valence-electron chi connectivity index (χ4n) is 3.10. The van der Waals surface area contributed by atoms with Crippen molar-refractivity contribution in [2.45, 2.75) is 28.4 Å². The van der Waals surface area contributed by atoms with E-state index in [1.807, 2.05) is 43.3 Å². The molecular weight excluding hydrogens is 430 g/mol. The SMILES string of the molecule is CCC1Sc2ccc(C(=O)Nc3ccc([S+]([O-])Nc4ccccc4)cc3)cc2NC1=O. The van der Waals surface area contributed by atoms with Crippen molar-refractivity contribution in [2.24, 2.45) is 0 Å². The van der Waals surface area contributed by atoms with Crippen LogP contribution in [0.3, 0.4) is 0 Å². The zero-order valence-electron chi connectivity index (χ0n) is 16.8. The van der Waals surface area contributed by atoms with E-state index in [2.05, 4.69) is 15.4 Å². The van der Waals surface area contributed by atoms with Crippen LogP contribution in [0.1, 0.15) is 23.7 Å². The molecule has 0 radical (unpaired) electrons. The Morgan fingerprint density at radius 2 is 1.81 bits per heavy atom. The number of nitrogens with one attached hydrogen (secondary N) is 3. The van der Waals surface area contributed by atoms with E-state index < -0.39 is 11.4 Å². The van der Waals surface area contributed by atoms with Gasteiger partial charge in [-0.1, -0.05) is 25.1 Å². The number of fused-ring (bicyclic) bond motifs is 1. The minimum Gasteiger partial charge on any atom is -0.588 e. The molecule has 3 N–H and O–H groups in total. The van der Waals surface area contributed by atoms with Gasteiger partial charge in [-0.25, -0.2) is 4.72 Å². The number of rotatable bonds is 6. The van der Waals surface area contributed by atoms with Crippen molar-refractivity contribution >= 4 is 52.0 Å². The molecule has 8 heteroatoms. The molecule has 0 saturated carbocycles. The van der Waals surface area contributed by atoms with Crippen molar-refractivity contribution in [3.05, 3.63) is 78.4 Å². The van der Waals surface area contributed by atoms with E-state index in [4.69, 9.17) is 0 Å². The summed E-state index contributed by atoms with van der Waals surface area (Å²) in [6.07, 6.45) is 0.750. The van der Waals surface area contributed by atoms with E-state index >= 15 is 0 Å². The van der Waals surface area contributed by atoms with E-state index in [9.17, 15) is 14.1 Å². The molecule has 31 heavy (non-hydrogen) atoms. The highest BCUT2D eigenvalue weighted by Gasteiger charge is 2.26. The fourth-order valence-corrected chi connectivity index (χ4v) is 4.97. The first-order chi connectivity index (χ1) is 15.0. The minimum atomic E-state index is -1.41. The van der Waals surface area contributed by atoms with Crippen LogP contribution in [0.25, 0.3) is 0 Å². The Hall–Kier alpha value is -2.94. The zero-order valence-corrected chi connectivity index (χ0v) is 18.4. The molecule has 0 aliphatic carbocycles. The normalized spacial score (nSPS) is 16.1. The molecular formula is C23H21N3O3S2. The fraction of sp³-hybridized carbons (Fsp3) is 0.130. The molecule has 1 heterocycles. The van der Waals surface area contributed by atoms with Gasteiger partial charge in [0.1, 0.15) is 11.4 Å². The largest absolute Gasteiger partial charge is 0.588 e. The van der Waals surface area contributed by atoms with Crippen LogP contribution in [-0.2, 0) is 16.2 Å². The number of hydrogen-bond acceptors (Lipinski definition) is 5. The maximum absolute atomic E-state index is 12.7. The molecule has 0 bridgehead atoms. The molecule has 0 fully saturated rings. The van der Waals surface area contributed by atoms with Crippen LogP contribution < -0.4 is 15.4 Å². The summed E-state index contributed by atoms with van der Waals surface area (Å²) < 4.78 is 15.4. The lowest BCUT2D eigenvalue weighted by Crippen LogP contribution is -2.28. The molecule has 0 aromatic heterocycles. The zero-order chi connectivity index (χ0) is 21.8. The third-order valence-electron chi connectivity index (χ3n) is 4.74. The number of para-hydroxylation sites is 1. The van der Waals surface area contributed by atoms with Gasteiger partial charge in [0.05, 0.1) is 16.6 Å². The maximum Gasteiger partial charge on any atom is 0.255 e. The molecule has 6 nitrogen and oxygen atoms in total. The van der Waals surface area contributed by atoms with Crippen LogP contribution in [0.2, 0.25) is 0 Å². The van der Waals surface area contributed by atoms with E-state index in [1.165, 1.54) is 11.8 Å². The first-order valence-electron chi connectivity index (χ1n) is 9.80. The molecule has 158 valence electrons. The first-order valence-corrected chi connectivity index (χ1v) is 11.8. The van der Waals surface area contributed by atoms with E-state index in [1.54, 1.807) is 36.4 Å². The van der Waals surface area contributed by atoms with Gasteiger partial charge in [-0.05, 0) is 61.0 Å². The Bertz CT molecular complexity index is 1090. The lowest BCUT2D eigenvalue weighted by molar-refractivity contribution is -0.115. The molecule has 2 atom stereocenters. The molecule has 0 spiro atoms. The Labute approximate surface area is 188 Å². The van der Waals surface area contributed by atoms with Crippen molar-refractivity contribution in [1.82, 2.24) is 0 Å². The van der Waals surface area contributed by atoms with Gasteiger partial charge in [-0.15, -0.1) is 11.8 Å². The lowest BCUT2D eigenvalue weighted by atomic mass is 10.1.